The van der Waals surface area contributed by atoms with Crippen LogP contribution in [0.5, 0.6) is 0 Å². The number of aryl methyl sites for hydroxylation is 1. The second kappa shape index (κ2) is 7.46. The smallest absolute Gasteiger partial charge is 0.297 e. The molecule has 3 aromatic rings. The van der Waals surface area contributed by atoms with Gasteiger partial charge in [0.05, 0.1) is 17.8 Å². The van der Waals surface area contributed by atoms with Crippen molar-refractivity contribution in [2.45, 2.75) is 56.0 Å². The summed E-state index contributed by atoms with van der Waals surface area (Å²) < 4.78 is 50.5. The van der Waals surface area contributed by atoms with Gasteiger partial charge in [-0.25, -0.2) is 15.0 Å². The highest BCUT2D eigenvalue weighted by Crippen LogP contribution is 2.44. The van der Waals surface area contributed by atoms with Gasteiger partial charge in [-0.05, 0) is 32.9 Å². The molecule has 1 aromatic carbocycles. The van der Waals surface area contributed by atoms with E-state index in [0.29, 0.717) is 11.2 Å². The van der Waals surface area contributed by atoms with E-state index in [9.17, 15) is 8.42 Å². The normalized spacial score (nSPS) is 27.1. The Morgan fingerprint density at radius 3 is 2.59 bits per heavy atom. The van der Waals surface area contributed by atoms with Crippen LogP contribution < -0.4 is 5.73 Å². The van der Waals surface area contributed by atoms with Gasteiger partial charge >= 0.3 is 0 Å². The Morgan fingerprint density at radius 2 is 1.84 bits per heavy atom. The lowest BCUT2D eigenvalue weighted by atomic mass is 10.1. The Morgan fingerprint density at radius 1 is 1.12 bits per heavy atom. The van der Waals surface area contributed by atoms with Crippen molar-refractivity contribution in [3.8, 4) is 0 Å². The summed E-state index contributed by atoms with van der Waals surface area (Å²) in [4.78, 5) is 12.6. The van der Waals surface area contributed by atoms with Gasteiger partial charge in [-0.15, -0.1) is 0 Å². The first kappa shape index (κ1) is 21.2. The minimum absolute atomic E-state index is 0.0749. The van der Waals surface area contributed by atoms with Gasteiger partial charge in [-0.3, -0.25) is 8.75 Å². The molecule has 170 valence electrons. The molecule has 0 unspecified atom stereocenters. The number of nitrogens with zero attached hydrogens (tertiary/aromatic N) is 4. The summed E-state index contributed by atoms with van der Waals surface area (Å²) >= 11 is 0. The number of hydrogen-bond donors (Lipinski definition) is 1. The van der Waals surface area contributed by atoms with Crippen LogP contribution >= 0.6 is 0 Å². The summed E-state index contributed by atoms with van der Waals surface area (Å²) in [5.41, 5.74) is 7.76. The molecule has 0 amide bonds. The van der Waals surface area contributed by atoms with Crippen molar-refractivity contribution in [2.24, 2.45) is 0 Å². The summed E-state index contributed by atoms with van der Waals surface area (Å²) in [7, 11) is -3.97. The molecule has 4 heterocycles. The number of rotatable bonds is 5. The Labute approximate surface area is 184 Å². The number of ether oxygens (including phenoxy) is 3. The number of hydrogen-bond acceptors (Lipinski definition) is 10. The lowest BCUT2D eigenvalue weighted by Gasteiger charge is -2.24. The summed E-state index contributed by atoms with van der Waals surface area (Å²) in [5, 5.41) is 0. The molecule has 2 saturated heterocycles. The van der Waals surface area contributed by atoms with E-state index in [0.717, 1.165) is 5.56 Å². The fourth-order valence-electron chi connectivity index (χ4n) is 4.00. The first-order valence-corrected chi connectivity index (χ1v) is 11.5. The Kier molecular flexibility index (Phi) is 4.94. The van der Waals surface area contributed by atoms with Crippen molar-refractivity contribution in [3.63, 3.8) is 0 Å². The minimum Gasteiger partial charge on any atom is -0.382 e. The molecule has 0 aliphatic carbocycles. The monoisotopic (exact) mass is 461 g/mol. The molecular formula is C20H23N5O6S. The largest absolute Gasteiger partial charge is 0.382 e. The van der Waals surface area contributed by atoms with Crippen LogP contribution in [0.1, 0.15) is 25.6 Å². The number of imidazole rings is 1. The summed E-state index contributed by atoms with van der Waals surface area (Å²) in [6.45, 7) is 5.21. The zero-order chi connectivity index (χ0) is 22.7. The number of aromatic nitrogens is 4. The van der Waals surface area contributed by atoms with Crippen LogP contribution in [-0.4, -0.2) is 58.6 Å². The van der Waals surface area contributed by atoms with E-state index in [4.69, 9.17) is 24.1 Å². The molecule has 2 N–H and O–H groups in total. The third-order valence-corrected chi connectivity index (χ3v) is 6.78. The number of nitrogen functional groups attached to an aromatic ring is 1. The van der Waals surface area contributed by atoms with Crippen LogP contribution in [0.15, 0.2) is 41.8 Å². The molecule has 0 saturated carbocycles. The average Bonchev–Trinajstić information content (AvgIpc) is 3.38. The fourth-order valence-corrected chi connectivity index (χ4v) is 4.92. The molecule has 0 bridgehead atoms. The predicted molar refractivity (Wildman–Crippen MR) is 112 cm³/mol. The Bertz CT molecular complexity index is 1260. The van der Waals surface area contributed by atoms with Crippen LogP contribution in [0.4, 0.5) is 5.82 Å². The molecule has 12 heteroatoms. The van der Waals surface area contributed by atoms with Gasteiger partial charge in [0.15, 0.2) is 23.5 Å². The highest BCUT2D eigenvalue weighted by Gasteiger charge is 2.56. The van der Waals surface area contributed by atoms with Crippen molar-refractivity contribution >= 4 is 27.1 Å². The third kappa shape index (κ3) is 3.63. The second-order valence-corrected chi connectivity index (χ2v) is 9.88. The molecule has 2 aromatic heterocycles. The number of benzene rings is 1. The van der Waals surface area contributed by atoms with Crippen molar-refractivity contribution < 1.29 is 26.8 Å². The molecule has 4 atom stereocenters. The highest BCUT2D eigenvalue weighted by molar-refractivity contribution is 7.86. The van der Waals surface area contributed by atoms with E-state index in [-0.39, 0.29) is 17.3 Å². The fraction of sp³-hybridized carbons (Fsp3) is 0.450. The molecule has 32 heavy (non-hydrogen) atoms. The summed E-state index contributed by atoms with van der Waals surface area (Å²) in [6, 6.07) is 6.43. The van der Waals surface area contributed by atoms with Gasteiger partial charge in [0.2, 0.25) is 0 Å². The zero-order valence-corrected chi connectivity index (χ0v) is 18.5. The van der Waals surface area contributed by atoms with Gasteiger partial charge in [0, 0.05) is 0 Å². The molecule has 2 aliphatic rings. The van der Waals surface area contributed by atoms with Crippen molar-refractivity contribution in [1.82, 2.24) is 19.5 Å². The van der Waals surface area contributed by atoms with E-state index < -0.39 is 40.4 Å². The SMILES string of the molecule is Cc1ccc(S(=O)(=O)OC[C@H]2O[C@@H](n3cnc4c(N)ncnc43)[C@@H]3OC(C)(C)O[C@@H]32)cc1. The van der Waals surface area contributed by atoms with Crippen LogP contribution in [0.3, 0.4) is 0 Å². The molecule has 0 radical (unpaired) electrons. The van der Waals surface area contributed by atoms with Gasteiger partial charge in [0.1, 0.15) is 30.2 Å². The average molecular weight is 462 g/mol. The molecule has 2 aliphatic heterocycles. The number of nitrogens with two attached hydrogens (primary N) is 1. The van der Waals surface area contributed by atoms with Gasteiger partial charge in [-0.1, -0.05) is 17.7 Å². The maximum Gasteiger partial charge on any atom is 0.297 e. The molecule has 2 fully saturated rings. The van der Waals surface area contributed by atoms with Gasteiger partial charge < -0.3 is 19.9 Å². The van der Waals surface area contributed by atoms with Crippen molar-refractivity contribution in [2.75, 3.05) is 12.3 Å². The maximum absolute atomic E-state index is 12.6. The van der Waals surface area contributed by atoms with E-state index in [2.05, 4.69) is 15.0 Å². The zero-order valence-electron chi connectivity index (χ0n) is 17.7. The van der Waals surface area contributed by atoms with E-state index in [1.165, 1.54) is 18.5 Å². The van der Waals surface area contributed by atoms with Crippen LogP contribution in [-0.2, 0) is 28.5 Å². The third-order valence-electron chi connectivity index (χ3n) is 5.48. The molecular weight excluding hydrogens is 438 g/mol. The standard InChI is InChI=1S/C20H23N5O6S/c1-11-4-6-12(7-5-11)32(26,27)28-8-13-15-16(31-20(2,3)30-15)19(29-13)25-10-24-14-17(21)22-9-23-18(14)25/h4-7,9-10,13,15-16,19H,8H2,1-3H3,(H2,21,22,23)/t13-,15-,16-,19-/m1/s1. The Balaban J connectivity index is 1.41. The highest BCUT2D eigenvalue weighted by atomic mass is 32.2. The number of anilines is 1. The molecule has 11 nitrogen and oxygen atoms in total. The second-order valence-electron chi connectivity index (χ2n) is 8.26. The van der Waals surface area contributed by atoms with Crippen molar-refractivity contribution in [1.29, 1.82) is 0 Å². The quantitative estimate of drug-likeness (QED) is 0.556. The molecule has 0 spiro atoms. The van der Waals surface area contributed by atoms with Gasteiger partial charge in [0.25, 0.3) is 10.1 Å². The van der Waals surface area contributed by atoms with Crippen molar-refractivity contribution in [3.05, 3.63) is 42.5 Å². The lowest BCUT2D eigenvalue weighted by Crippen LogP contribution is -2.33. The predicted octanol–water partition coefficient (Wildman–Crippen LogP) is 1.54. The van der Waals surface area contributed by atoms with Crippen LogP contribution in [0.25, 0.3) is 11.2 Å². The minimum atomic E-state index is -3.97. The van der Waals surface area contributed by atoms with E-state index >= 15 is 0 Å². The maximum atomic E-state index is 12.6. The first-order chi connectivity index (χ1) is 15.1. The van der Waals surface area contributed by atoms with Gasteiger partial charge in [-0.2, -0.15) is 8.42 Å². The summed E-state index contributed by atoms with van der Waals surface area (Å²) in [5.74, 6) is -0.633. The van der Waals surface area contributed by atoms with Crippen LogP contribution in [0, 0.1) is 6.92 Å². The van der Waals surface area contributed by atoms with E-state index in [1.807, 2.05) is 6.92 Å². The lowest BCUT2D eigenvalue weighted by molar-refractivity contribution is -0.198. The number of fused-ring (bicyclic) bond motifs is 2. The topological polar surface area (TPSA) is 141 Å². The summed E-state index contributed by atoms with van der Waals surface area (Å²) in [6.07, 6.45) is 0.417. The van der Waals surface area contributed by atoms with Crippen LogP contribution in [0.2, 0.25) is 0 Å². The molecule has 5 rings (SSSR count). The first-order valence-electron chi connectivity index (χ1n) is 10.0. The Hall–Kier alpha value is -2.64. The van der Waals surface area contributed by atoms with E-state index in [1.54, 1.807) is 36.9 Å².